The molecule has 1 aromatic heterocycles. The highest BCUT2D eigenvalue weighted by Crippen LogP contribution is 2.30. The molecule has 0 fully saturated rings. The molecule has 134 valence electrons. The fourth-order valence-corrected chi connectivity index (χ4v) is 2.80. The number of benzene rings is 1. The largest absolute Gasteiger partial charge is 0.481 e. The first-order valence-electron chi connectivity index (χ1n) is 6.91. The number of halogens is 3. The SMILES string of the molecule is CC(C)(Oc1cc(F)ccc1F)C(=O)Nc1nc(CC(=O)O)c(Cl)s1. The number of carbonyl (C=O) groups is 2. The number of nitrogens with one attached hydrogen (secondary N) is 1. The zero-order valence-electron chi connectivity index (χ0n) is 13.1. The number of aliphatic carboxylic acids is 1. The van der Waals surface area contributed by atoms with E-state index in [-0.39, 0.29) is 21.6 Å². The van der Waals surface area contributed by atoms with Crippen LogP contribution in [0.25, 0.3) is 0 Å². The number of carbonyl (C=O) groups excluding carboxylic acids is 1. The summed E-state index contributed by atoms with van der Waals surface area (Å²) in [6.45, 7) is 2.72. The van der Waals surface area contributed by atoms with Gasteiger partial charge in [-0.25, -0.2) is 13.8 Å². The molecule has 0 saturated carbocycles. The molecule has 25 heavy (non-hydrogen) atoms. The Bertz CT molecular complexity index is 826. The molecule has 2 rings (SSSR count). The topological polar surface area (TPSA) is 88.5 Å². The van der Waals surface area contributed by atoms with Gasteiger partial charge >= 0.3 is 5.97 Å². The monoisotopic (exact) mass is 390 g/mol. The van der Waals surface area contributed by atoms with Crippen LogP contribution in [-0.4, -0.2) is 27.6 Å². The van der Waals surface area contributed by atoms with E-state index in [1.54, 1.807) is 0 Å². The van der Waals surface area contributed by atoms with Gasteiger partial charge in [0.15, 0.2) is 22.3 Å². The molecule has 10 heteroatoms. The Morgan fingerprint density at radius 1 is 1.40 bits per heavy atom. The molecule has 0 bridgehead atoms. The summed E-state index contributed by atoms with van der Waals surface area (Å²) >= 11 is 6.76. The highest BCUT2D eigenvalue weighted by molar-refractivity contribution is 7.19. The number of nitrogens with zero attached hydrogens (tertiary/aromatic N) is 1. The number of anilines is 1. The van der Waals surface area contributed by atoms with Gasteiger partial charge < -0.3 is 9.84 Å². The van der Waals surface area contributed by atoms with Gasteiger partial charge in [0.1, 0.15) is 10.2 Å². The zero-order valence-corrected chi connectivity index (χ0v) is 14.7. The smallest absolute Gasteiger partial charge is 0.309 e. The highest BCUT2D eigenvalue weighted by atomic mass is 35.5. The van der Waals surface area contributed by atoms with Crippen molar-refractivity contribution in [1.82, 2.24) is 4.98 Å². The van der Waals surface area contributed by atoms with E-state index >= 15 is 0 Å². The summed E-state index contributed by atoms with van der Waals surface area (Å²) in [6, 6.07) is 2.64. The second-order valence-electron chi connectivity index (χ2n) is 5.45. The predicted molar refractivity (Wildman–Crippen MR) is 88.2 cm³/mol. The maximum absolute atomic E-state index is 13.7. The zero-order chi connectivity index (χ0) is 18.8. The van der Waals surface area contributed by atoms with E-state index in [4.69, 9.17) is 21.4 Å². The van der Waals surface area contributed by atoms with Gasteiger partial charge in [-0.3, -0.25) is 14.9 Å². The molecule has 0 atom stereocenters. The molecule has 0 spiro atoms. The standard InChI is InChI=1S/C15H13ClF2N2O4S/c1-15(2,24-10-5-7(17)3-4-8(10)18)13(23)20-14-19-9(6-11(21)22)12(16)25-14/h3-5H,6H2,1-2H3,(H,21,22)(H,19,20,23). The van der Waals surface area contributed by atoms with Gasteiger partial charge in [-0.2, -0.15) is 0 Å². The van der Waals surface area contributed by atoms with Crippen LogP contribution in [0.4, 0.5) is 13.9 Å². The van der Waals surface area contributed by atoms with Crippen LogP contribution in [-0.2, 0) is 16.0 Å². The number of rotatable bonds is 6. The summed E-state index contributed by atoms with van der Waals surface area (Å²) in [5, 5.41) is 11.2. The third-order valence-corrected chi connectivity index (χ3v) is 4.25. The van der Waals surface area contributed by atoms with Crippen molar-refractivity contribution in [3.8, 4) is 5.75 Å². The van der Waals surface area contributed by atoms with Crippen molar-refractivity contribution in [2.45, 2.75) is 25.9 Å². The lowest BCUT2D eigenvalue weighted by atomic mass is 10.1. The van der Waals surface area contributed by atoms with Crippen molar-refractivity contribution in [1.29, 1.82) is 0 Å². The van der Waals surface area contributed by atoms with Crippen molar-refractivity contribution < 1.29 is 28.2 Å². The Labute approximate surface area is 150 Å². The lowest BCUT2D eigenvalue weighted by Gasteiger charge is -2.25. The number of carboxylic acid groups (broad SMARTS) is 1. The van der Waals surface area contributed by atoms with E-state index in [1.165, 1.54) is 13.8 Å². The van der Waals surface area contributed by atoms with Crippen molar-refractivity contribution >= 4 is 39.9 Å². The van der Waals surface area contributed by atoms with Gasteiger partial charge in [-0.1, -0.05) is 22.9 Å². The maximum Gasteiger partial charge on any atom is 0.309 e. The van der Waals surface area contributed by atoms with E-state index in [9.17, 15) is 18.4 Å². The summed E-state index contributed by atoms with van der Waals surface area (Å²) in [5.74, 6) is -3.75. The number of ether oxygens (including phenoxy) is 1. The highest BCUT2D eigenvalue weighted by Gasteiger charge is 2.32. The molecule has 0 aliphatic carbocycles. The molecule has 0 unspecified atom stereocenters. The molecule has 0 saturated heterocycles. The van der Waals surface area contributed by atoms with Crippen LogP contribution in [0.15, 0.2) is 18.2 Å². The minimum Gasteiger partial charge on any atom is -0.481 e. The van der Waals surface area contributed by atoms with Crippen LogP contribution in [0.3, 0.4) is 0 Å². The Morgan fingerprint density at radius 2 is 2.08 bits per heavy atom. The number of hydrogen-bond acceptors (Lipinski definition) is 5. The Morgan fingerprint density at radius 3 is 2.72 bits per heavy atom. The van der Waals surface area contributed by atoms with Crippen LogP contribution in [0.1, 0.15) is 19.5 Å². The quantitative estimate of drug-likeness (QED) is 0.788. The first-order valence-corrected chi connectivity index (χ1v) is 8.10. The van der Waals surface area contributed by atoms with E-state index in [2.05, 4.69) is 10.3 Å². The lowest BCUT2D eigenvalue weighted by Crippen LogP contribution is -2.42. The van der Waals surface area contributed by atoms with E-state index < -0.39 is 34.9 Å². The third kappa shape index (κ3) is 4.86. The molecule has 0 aliphatic rings. The first-order chi connectivity index (χ1) is 11.6. The van der Waals surface area contributed by atoms with Gasteiger partial charge in [0.2, 0.25) is 0 Å². The summed E-state index contributed by atoms with van der Waals surface area (Å²) in [5.41, 5.74) is -1.44. The Hall–Kier alpha value is -2.26. The van der Waals surface area contributed by atoms with Crippen LogP contribution in [0, 0.1) is 11.6 Å². The summed E-state index contributed by atoms with van der Waals surface area (Å²) in [7, 11) is 0. The molecule has 1 amide bonds. The predicted octanol–water partition coefficient (Wildman–Crippen LogP) is 3.50. The molecule has 0 radical (unpaired) electrons. The fraction of sp³-hybridized carbons (Fsp3) is 0.267. The fourth-order valence-electron chi connectivity index (χ4n) is 1.76. The Kier molecular flexibility index (Phi) is 5.58. The van der Waals surface area contributed by atoms with Gasteiger partial charge in [-0.15, -0.1) is 0 Å². The molecule has 0 aliphatic heterocycles. The summed E-state index contributed by atoms with van der Waals surface area (Å²) in [4.78, 5) is 27.0. The normalized spacial score (nSPS) is 11.2. The van der Waals surface area contributed by atoms with Gasteiger partial charge in [-0.05, 0) is 26.0 Å². The van der Waals surface area contributed by atoms with Crippen molar-refractivity contribution in [2.75, 3.05) is 5.32 Å². The molecule has 2 aromatic rings. The number of thiazole rings is 1. The average Bonchev–Trinajstić information content (AvgIpc) is 2.81. The second-order valence-corrected chi connectivity index (χ2v) is 7.05. The number of aromatic nitrogens is 1. The lowest BCUT2D eigenvalue weighted by molar-refractivity contribution is -0.136. The minimum absolute atomic E-state index is 0.0719. The summed E-state index contributed by atoms with van der Waals surface area (Å²) in [6.07, 6.45) is -0.389. The molecular weight excluding hydrogens is 378 g/mol. The van der Waals surface area contributed by atoms with Crippen molar-refractivity contribution in [3.63, 3.8) is 0 Å². The molecule has 1 heterocycles. The van der Waals surface area contributed by atoms with E-state index in [1.807, 2.05) is 0 Å². The molecule has 1 aromatic carbocycles. The maximum atomic E-state index is 13.7. The number of hydrogen-bond donors (Lipinski definition) is 2. The van der Waals surface area contributed by atoms with Crippen molar-refractivity contribution in [3.05, 3.63) is 39.9 Å². The average molecular weight is 391 g/mol. The van der Waals surface area contributed by atoms with Gasteiger partial charge in [0, 0.05) is 6.07 Å². The first kappa shape index (κ1) is 19.1. The van der Waals surface area contributed by atoms with Crippen LogP contribution < -0.4 is 10.1 Å². The van der Waals surface area contributed by atoms with E-state index in [0.29, 0.717) is 0 Å². The number of carboxylic acids is 1. The molecule has 6 nitrogen and oxygen atoms in total. The second kappa shape index (κ2) is 7.32. The van der Waals surface area contributed by atoms with Crippen molar-refractivity contribution in [2.24, 2.45) is 0 Å². The molecule has 2 N–H and O–H groups in total. The number of amides is 1. The minimum atomic E-state index is -1.56. The summed E-state index contributed by atoms with van der Waals surface area (Å²) < 4.78 is 32.3. The van der Waals surface area contributed by atoms with Crippen LogP contribution in [0.2, 0.25) is 4.34 Å². The van der Waals surface area contributed by atoms with Gasteiger partial charge in [0.25, 0.3) is 5.91 Å². The van der Waals surface area contributed by atoms with Crippen LogP contribution >= 0.6 is 22.9 Å². The molecular formula is C15H13ClF2N2O4S. The third-order valence-electron chi connectivity index (χ3n) is 2.99. The van der Waals surface area contributed by atoms with Crippen LogP contribution in [0.5, 0.6) is 5.75 Å². The Balaban J connectivity index is 2.13. The van der Waals surface area contributed by atoms with Gasteiger partial charge in [0.05, 0.1) is 12.1 Å². The van der Waals surface area contributed by atoms with E-state index in [0.717, 1.165) is 29.5 Å².